The zero-order valence-corrected chi connectivity index (χ0v) is 29.9. The van der Waals surface area contributed by atoms with Gasteiger partial charge in [-0.05, 0) is 94.2 Å². The van der Waals surface area contributed by atoms with Gasteiger partial charge in [-0.3, -0.25) is 0 Å². The first-order valence-electron chi connectivity index (χ1n) is 18.8. The van der Waals surface area contributed by atoms with Gasteiger partial charge in [0, 0.05) is 44.2 Å². The molecule has 3 heteroatoms. The monoisotopic (exact) mass is 702 g/mol. The van der Waals surface area contributed by atoms with Crippen LogP contribution in [0.15, 0.2) is 211 Å². The van der Waals surface area contributed by atoms with Crippen molar-refractivity contribution < 1.29 is 4.42 Å². The van der Waals surface area contributed by atoms with E-state index in [1.165, 1.54) is 43.7 Å². The summed E-state index contributed by atoms with van der Waals surface area (Å²) in [4.78, 5) is 2.37. The highest BCUT2D eigenvalue weighted by atomic mass is 16.3. The fraction of sp³-hybridized carbons (Fsp3) is 0. The number of furan rings is 1. The summed E-state index contributed by atoms with van der Waals surface area (Å²) in [6.07, 6.45) is 0. The number of anilines is 3. The fourth-order valence-corrected chi connectivity index (χ4v) is 8.46. The van der Waals surface area contributed by atoms with Crippen LogP contribution < -0.4 is 4.90 Å². The van der Waals surface area contributed by atoms with E-state index < -0.39 is 0 Å². The van der Waals surface area contributed by atoms with Crippen LogP contribution in [0.2, 0.25) is 0 Å². The summed E-state index contributed by atoms with van der Waals surface area (Å²) in [7, 11) is 0. The molecule has 3 nitrogen and oxygen atoms in total. The third-order valence-electron chi connectivity index (χ3n) is 11.0. The third-order valence-corrected chi connectivity index (χ3v) is 11.0. The molecule has 258 valence electrons. The van der Waals surface area contributed by atoms with Crippen molar-refractivity contribution >= 4 is 71.6 Å². The molecule has 0 bridgehead atoms. The van der Waals surface area contributed by atoms with Crippen molar-refractivity contribution in [3.63, 3.8) is 0 Å². The van der Waals surface area contributed by atoms with Crippen molar-refractivity contribution in [1.29, 1.82) is 0 Å². The number of aromatic nitrogens is 1. The molecule has 0 saturated heterocycles. The second kappa shape index (κ2) is 12.6. The highest BCUT2D eigenvalue weighted by molar-refractivity contribution is 6.10. The van der Waals surface area contributed by atoms with E-state index in [0.29, 0.717) is 0 Å². The van der Waals surface area contributed by atoms with Gasteiger partial charge in [0.25, 0.3) is 0 Å². The minimum absolute atomic E-state index is 0.881. The maximum Gasteiger partial charge on any atom is 0.135 e. The van der Waals surface area contributed by atoms with Crippen LogP contribution >= 0.6 is 0 Å². The average Bonchev–Trinajstić information content (AvgIpc) is 3.80. The number of nitrogens with zero attached hydrogens (tertiary/aromatic N) is 2. The molecule has 2 aromatic heterocycles. The van der Waals surface area contributed by atoms with Crippen molar-refractivity contribution in [3.05, 3.63) is 206 Å². The van der Waals surface area contributed by atoms with Crippen molar-refractivity contribution in [1.82, 2.24) is 4.57 Å². The molecule has 0 aliphatic heterocycles. The van der Waals surface area contributed by atoms with Crippen LogP contribution in [0.4, 0.5) is 17.1 Å². The lowest BCUT2D eigenvalue weighted by molar-refractivity contribution is 0.669. The van der Waals surface area contributed by atoms with Gasteiger partial charge in [-0.2, -0.15) is 0 Å². The maximum atomic E-state index is 6.25. The first kappa shape index (κ1) is 31.2. The molecule has 0 spiro atoms. The first-order chi connectivity index (χ1) is 27.3. The van der Waals surface area contributed by atoms with Crippen LogP contribution in [0, 0.1) is 0 Å². The molecule has 0 radical (unpaired) electrons. The molecule has 9 aromatic carbocycles. The van der Waals surface area contributed by atoms with Gasteiger partial charge in [0.05, 0.1) is 16.7 Å². The lowest BCUT2D eigenvalue weighted by Gasteiger charge is -2.28. The van der Waals surface area contributed by atoms with Gasteiger partial charge < -0.3 is 13.9 Å². The van der Waals surface area contributed by atoms with E-state index in [-0.39, 0.29) is 0 Å². The molecule has 0 fully saturated rings. The molecule has 0 aliphatic rings. The molecular formula is C52H34N2O. The highest BCUT2D eigenvalue weighted by Gasteiger charge is 2.20. The molecular weight excluding hydrogens is 669 g/mol. The standard InChI is InChI=1S/C52H34N2O/c1-2-14-35(15-3-1)42-18-6-10-22-48(42)53(39-30-31-52-47(33-39)45-21-9-13-25-51(45)55-52)38-28-26-36(27-29-38)46-34-40(32-37-16-4-5-17-41(37)46)54-49-23-11-7-19-43(49)44-20-8-12-24-50(44)54/h1-34H. The van der Waals surface area contributed by atoms with E-state index in [1.807, 2.05) is 12.1 Å². The minimum atomic E-state index is 0.881. The summed E-state index contributed by atoms with van der Waals surface area (Å²) in [6, 6.07) is 74.0. The third kappa shape index (κ3) is 5.13. The lowest BCUT2D eigenvalue weighted by Crippen LogP contribution is -2.11. The zero-order chi connectivity index (χ0) is 36.3. The van der Waals surface area contributed by atoms with Crippen LogP contribution in [-0.2, 0) is 0 Å². The largest absolute Gasteiger partial charge is 0.456 e. The van der Waals surface area contributed by atoms with Crippen LogP contribution in [0.25, 0.3) is 82.5 Å². The Balaban J connectivity index is 1.10. The van der Waals surface area contributed by atoms with Gasteiger partial charge in [0.1, 0.15) is 11.2 Å². The zero-order valence-electron chi connectivity index (χ0n) is 29.9. The van der Waals surface area contributed by atoms with Gasteiger partial charge in [-0.25, -0.2) is 0 Å². The summed E-state index contributed by atoms with van der Waals surface area (Å²) in [5.74, 6) is 0. The number of hydrogen-bond acceptors (Lipinski definition) is 2. The Morgan fingerprint density at radius 2 is 0.945 bits per heavy atom. The normalized spacial score (nSPS) is 11.6. The second-order valence-electron chi connectivity index (χ2n) is 14.1. The Morgan fingerprint density at radius 1 is 0.364 bits per heavy atom. The molecule has 0 saturated carbocycles. The van der Waals surface area contributed by atoms with Gasteiger partial charge in [-0.15, -0.1) is 0 Å². The van der Waals surface area contributed by atoms with Gasteiger partial charge >= 0.3 is 0 Å². The van der Waals surface area contributed by atoms with E-state index in [4.69, 9.17) is 4.42 Å². The van der Waals surface area contributed by atoms with E-state index in [1.54, 1.807) is 0 Å². The molecule has 0 aliphatic carbocycles. The molecule has 55 heavy (non-hydrogen) atoms. The number of rotatable bonds is 6. The van der Waals surface area contributed by atoms with Gasteiger partial charge in [0.2, 0.25) is 0 Å². The number of hydrogen-bond donors (Lipinski definition) is 0. The Hall–Kier alpha value is -7.36. The lowest BCUT2D eigenvalue weighted by atomic mass is 9.96. The number of fused-ring (bicyclic) bond motifs is 7. The maximum absolute atomic E-state index is 6.25. The smallest absolute Gasteiger partial charge is 0.135 e. The summed E-state index contributed by atoms with van der Waals surface area (Å²) in [6.45, 7) is 0. The molecule has 11 aromatic rings. The average molecular weight is 703 g/mol. The van der Waals surface area contributed by atoms with Crippen molar-refractivity contribution in [2.45, 2.75) is 0 Å². The molecule has 0 unspecified atom stereocenters. The Bertz CT molecular complexity index is 3150. The van der Waals surface area contributed by atoms with Crippen LogP contribution in [0.1, 0.15) is 0 Å². The molecule has 0 amide bonds. The molecule has 2 heterocycles. The highest BCUT2D eigenvalue weighted by Crippen LogP contribution is 2.44. The number of para-hydroxylation sites is 4. The SMILES string of the molecule is c1ccc(-c2ccccc2N(c2ccc(-c3cc(-n4c5ccccc5c5ccccc54)cc4ccccc34)cc2)c2ccc3oc4ccccc4c3c2)cc1. The Labute approximate surface area is 318 Å². The Kier molecular flexibility index (Phi) is 7.17. The van der Waals surface area contributed by atoms with Gasteiger partial charge in [-0.1, -0.05) is 140 Å². The summed E-state index contributed by atoms with van der Waals surface area (Å²) >= 11 is 0. The number of benzene rings is 9. The van der Waals surface area contributed by atoms with Crippen molar-refractivity contribution in [3.8, 4) is 27.9 Å². The minimum Gasteiger partial charge on any atom is -0.456 e. The summed E-state index contributed by atoms with van der Waals surface area (Å²) < 4.78 is 8.66. The van der Waals surface area contributed by atoms with Gasteiger partial charge in [0.15, 0.2) is 0 Å². The van der Waals surface area contributed by atoms with Crippen molar-refractivity contribution in [2.75, 3.05) is 4.90 Å². The molecule has 0 N–H and O–H groups in total. The predicted molar refractivity (Wildman–Crippen MR) is 231 cm³/mol. The van der Waals surface area contributed by atoms with Crippen LogP contribution in [-0.4, -0.2) is 4.57 Å². The first-order valence-corrected chi connectivity index (χ1v) is 18.8. The predicted octanol–water partition coefficient (Wildman–Crippen LogP) is 14.6. The quantitative estimate of drug-likeness (QED) is 0.172. The molecule has 11 rings (SSSR count). The summed E-state index contributed by atoms with van der Waals surface area (Å²) in [5.41, 5.74) is 13.3. The topological polar surface area (TPSA) is 21.3 Å². The fourth-order valence-electron chi connectivity index (χ4n) is 8.46. The van der Waals surface area contributed by atoms with E-state index in [9.17, 15) is 0 Å². The Morgan fingerprint density at radius 3 is 1.73 bits per heavy atom. The van der Waals surface area contributed by atoms with E-state index in [2.05, 4.69) is 204 Å². The van der Waals surface area contributed by atoms with E-state index >= 15 is 0 Å². The van der Waals surface area contributed by atoms with Crippen LogP contribution in [0.5, 0.6) is 0 Å². The van der Waals surface area contributed by atoms with Crippen LogP contribution in [0.3, 0.4) is 0 Å². The van der Waals surface area contributed by atoms with E-state index in [0.717, 1.165) is 55.8 Å². The second-order valence-corrected chi connectivity index (χ2v) is 14.1. The summed E-state index contributed by atoms with van der Waals surface area (Å²) in [5, 5.41) is 7.16. The molecule has 0 atom stereocenters. The van der Waals surface area contributed by atoms with Crippen molar-refractivity contribution in [2.24, 2.45) is 0 Å².